The van der Waals surface area contributed by atoms with E-state index in [1.165, 1.54) is 5.56 Å². The van der Waals surface area contributed by atoms with Gasteiger partial charge in [0, 0.05) is 48.9 Å². The maximum atomic E-state index is 12.5. The molecule has 32 heavy (non-hydrogen) atoms. The largest absolute Gasteiger partial charge is 0.496 e. The van der Waals surface area contributed by atoms with Gasteiger partial charge < -0.3 is 14.2 Å². The van der Waals surface area contributed by atoms with Crippen molar-refractivity contribution in [3.63, 3.8) is 0 Å². The summed E-state index contributed by atoms with van der Waals surface area (Å²) in [6.07, 6.45) is 1.42. The van der Waals surface area contributed by atoms with E-state index in [0.717, 1.165) is 60.4 Å². The van der Waals surface area contributed by atoms with Gasteiger partial charge in [-0.1, -0.05) is 30.3 Å². The van der Waals surface area contributed by atoms with Gasteiger partial charge >= 0.3 is 6.09 Å². The molecule has 0 saturated carbocycles. The number of hydrogen-bond acceptors (Lipinski definition) is 5. The van der Waals surface area contributed by atoms with Crippen LogP contribution in [0.15, 0.2) is 60.7 Å². The summed E-state index contributed by atoms with van der Waals surface area (Å²) in [5.74, 6) is 1.70. The first-order valence-corrected chi connectivity index (χ1v) is 11.0. The van der Waals surface area contributed by atoms with E-state index in [4.69, 9.17) is 14.2 Å². The summed E-state index contributed by atoms with van der Waals surface area (Å²) in [5.41, 5.74) is 1.69. The molecule has 2 saturated heterocycles. The smallest absolute Gasteiger partial charge is 0.415 e. The second kappa shape index (κ2) is 8.36. The van der Waals surface area contributed by atoms with Crippen LogP contribution in [0.5, 0.6) is 11.5 Å². The van der Waals surface area contributed by atoms with Crippen molar-refractivity contribution < 1.29 is 19.0 Å². The van der Waals surface area contributed by atoms with Gasteiger partial charge in [-0.15, -0.1) is 0 Å². The van der Waals surface area contributed by atoms with Gasteiger partial charge in [0.1, 0.15) is 17.1 Å². The zero-order valence-electron chi connectivity index (χ0n) is 18.5. The number of fused-ring (bicyclic) bond motifs is 1. The van der Waals surface area contributed by atoms with Crippen molar-refractivity contribution in [3.8, 4) is 11.5 Å². The highest BCUT2D eigenvalue weighted by molar-refractivity contribution is 5.94. The molecule has 1 spiro atoms. The minimum atomic E-state index is -0.395. The molecule has 0 unspecified atom stereocenters. The van der Waals surface area contributed by atoms with Gasteiger partial charge in [0.05, 0.1) is 20.8 Å². The first-order chi connectivity index (χ1) is 15.6. The second-order valence-electron chi connectivity index (χ2n) is 8.60. The lowest BCUT2D eigenvalue weighted by Crippen LogP contribution is -2.46. The molecule has 0 radical (unpaired) electrons. The average molecular weight is 433 g/mol. The molecule has 2 heterocycles. The molecule has 0 bridgehead atoms. The molecule has 0 aromatic heterocycles. The fraction of sp³-hybridized carbons (Fsp3) is 0.346. The Hall–Kier alpha value is -3.25. The lowest BCUT2D eigenvalue weighted by Gasteiger charge is -2.37. The van der Waals surface area contributed by atoms with E-state index >= 15 is 0 Å². The van der Waals surface area contributed by atoms with Crippen LogP contribution in [0.25, 0.3) is 10.8 Å². The Morgan fingerprint density at radius 3 is 2.38 bits per heavy atom. The number of ether oxygens (including phenoxy) is 3. The molecule has 0 N–H and O–H groups in total. The van der Waals surface area contributed by atoms with E-state index in [9.17, 15) is 4.79 Å². The van der Waals surface area contributed by atoms with Gasteiger partial charge in [0.15, 0.2) is 0 Å². The summed E-state index contributed by atoms with van der Waals surface area (Å²) in [6, 6.07) is 20.1. The molecule has 6 nitrogen and oxygen atoms in total. The Morgan fingerprint density at radius 1 is 0.906 bits per heavy atom. The van der Waals surface area contributed by atoms with Crippen molar-refractivity contribution >= 4 is 22.6 Å². The lowest BCUT2D eigenvalue weighted by molar-refractivity contribution is -0.000976. The van der Waals surface area contributed by atoms with Crippen molar-refractivity contribution in [3.05, 3.63) is 66.2 Å². The number of carbonyl (C=O) groups excluding carboxylic acids is 1. The van der Waals surface area contributed by atoms with Gasteiger partial charge in [-0.05, 0) is 35.9 Å². The predicted molar refractivity (Wildman–Crippen MR) is 125 cm³/mol. The molecular weight excluding hydrogens is 404 g/mol. The van der Waals surface area contributed by atoms with E-state index in [2.05, 4.69) is 23.1 Å². The number of para-hydroxylation sites is 1. The molecule has 2 aliphatic rings. The number of carbonyl (C=O) groups is 1. The number of anilines is 1. The van der Waals surface area contributed by atoms with Crippen LogP contribution >= 0.6 is 0 Å². The van der Waals surface area contributed by atoms with Crippen LogP contribution < -0.4 is 14.4 Å². The maximum absolute atomic E-state index is 12.5. The van der Waals surface area contributed by atoms with Crippen LogP contribution in [-0.2, 0) is 11.3 Å². The summed E-state index contributed by atoms with van der Waals surface area (Å²) in [4.78, 5) is 16.7. The molecule has 3 aromatic carbocycles. The van der Waals surface area contributed by atoms with Crippen molar-refractivity contribution in [2.45, 2.75) is 25.0 Å². The molecule has 166 valence electrons. The van der Waals surface area contributed by atoms with Crippen LogP contribution in [0.2, 0.25) is 0 Å². The quantitative estimate of drug-likeness (QED) is 0.577. The van der Waals surface area contributed by atoms with Crippen LogP contribution in [0.1, 0.15) is 18.4 Å². The lowest BCUT2D eigenvalue weighted by atomic mass is 9.91. The van der Waals surface area contributed by atoms with Crippen molar-refractivity contribution in [2.75, 3.05) is 38.8 Å². The molecule has 2 aliphatic heterocycles. The third kappa shape index (κ3) is 3.75. The van der Waals surface area contributed by atoms with Crippen LogP contribution in [0.4, 0.5) is 10.5 Å². The average Bonchev–Trinajstić information content (AvgIpc) is 3.16. The first-order valence-electron chi connectivity index (χ1n) is 11.0. The molecular formula is C26H28N2O4. The monoisotopic (exact) mass is 432 g/mol. The molecule has 5 rings (SSSR count). The van der Waals surface area contributed by atoms with Gasteiger partial charge in [-0.25, -0.2) is 4.79 Å². The number of nitrogens with zero attached hydrogens (tertiary/aromatic N) is 2. The van der Waals surface area contributed by atoms with Crippen LogP contribution in [-0.4, -0.2) is 50.4 Å². The number of hydrogen-bond donors (Lipinski definition) is 0. The van der Waals surface area contributed by atoms with Crippen molar-refractivity contribution in [1.82, 2.24) is 4.90 Å². The number of benzene rings is 3. The number of likely N-dealkylation sites (tertiary alicyclic amines) is 1. The number of methoxy groups -OCH3 is 2. The zero-order chi connectivity index (χ0) is 22.1. The molecule has 0 atom stereocenters. The normalized spacial score (nSPS) is 18.2. The number of amides is 1. The van der Waals surface area contributed by atoms with Gasteiger partial charge in [0.2, 0.25) is 0 Å². The number of rotatable bonds is 5. The Morgan fingerprint density at radius 2 is 1.66 bits per heavy atom. The van der Waals surface area contributed by atoms with Crippen molar-refractivity contribution in [1.29, 1.82) is 0 Å². The summed E-state index contributed by atoms with van der Waals surface area (Å²) in [7, 11) is 3.40. The third-order valence-electron chi connectivity index (χ3n) is 6.63. The molecule has 6 heteroatoms. The summed E-state index contributed by atoms with van der Waals surface area (Å²) in [6.45, 7) is 3.19. The third-order valence-corrected chi connectivity index (χ3v) is 6.63. The Labute approximate surface area is 188 Å². The standard InChI is InChI=1S/C26H28N2O4/c1-30-23-10-6-9-21-22(23)15-19(16-24(21)31-2)17-27-13-11-26(12-14-27)18-28(25(29)32-26)20-7-4-3-5-8-20/h3-10,15-16H,11-14,17-18H2,1-2H3. The fourth-order valence-corrected chi connectivity index (χ4v) is 4.89. The minimum Gasteiger partial charge on any atom is -0.496 e. The molecule has 1 amide bonds. The first kappa shape index (κ1) is 20.6. The van der Waals surface area contributed by atoms with E-state index < -0.39 is 5.60 Å². The maximum Gasteiger partial charge on any atom is 0.415 e. The van der Waals surface area contributed by atoms with Crippen molar-refractivity contribution in [2.24, 2.45) is 0 Å². The van der Waals surface area contributed by atoms with Gasteiger partial charge in [-0.2, -0.15) is 0 Å². The van der Waals surface area contributed by atoms with Crippen LogP contribution in [0, 0.1) is 0 Å². The summed E-state index contributed by atoms with van der Waals surface area (Å²) in [5, 5.41) is 2.10. The van der Waals surface area contributed by atoms with E-state index in [0.29, 0.717) is 6.54 Å². The highest BCUT2D eigenvalue weighted by atomic mass is 16.6. The summed E-state index contributed by atoms with van der Waals surface area (Å²) < 4.78 is 17.1. The predicted octanol–water partition coefficient (Wildman–Crippen LogP) is 4.85. The molecule has 2 fully saturated rings. The topological polar surface area (TPSA) is 51.2 Å². The molecule has 3 aromatic rings. The number of piperidine rings is 1. The Bertz CT molecular complexity index is 1120. The van der Waals surface area contributed by atoms with Gasteiger partial charge in [-0.3, -0.25) is 9.80 Å². The second-order valence-corrected chi connectivity index (χ2v) is 8.60. The highest BCUT2D eigenvalue weighted by Gasteiger charge is 2.47. The minimum absolute atomic E-state index is 0.240. The summed E-state index contributed by atoms with van der Waals surface area (Å²) >= 11 is 0. The Kier molecular flexibility index (Phi) is 5.39. The molecule has 0 aliphatic carbocycles. The zero-order valence-corrected chi connectivity index (χ0v) is 18.5. The fourth-order valence-electron chi connectivity index (χ4n) is 4.89. The Balaban J connectivity index is 1.29. The van der Waals surface area contributed by atoms with Crippen LogP contribution in [0.3, 0.4) is 0 Å². The highest BCUT2D eigenvalue weighted by Crippen LogP contribution is 2.37. The van der Waals surface area contributed by atoms with E-state index in [1.807, 2.05) is 42.5 Å². The van der Waals surface area contributed by atoms with Gasteiger partial charge in [0.25, 0.3) is 0 Å². The SMILES string of the molecule is COc1cc(CN2CCC3(CC2)CN(c2ccccc2)C(=O)O3)cc2c(OC)cccc12. The van der Waals surface area contributed by atoms with E-state index in [1.54, 1.807) is 19.1 Å². The van der Waals surface area contributed by atoms with E-state index in [-0.39, 0.29) is 6.09 Å².